The maximum absolute atomic E-state index is 14.2. The van der Waals surface area contributed by atoms with Crippen LogP contribution in [0, 0.1) is 5.82 Å². The molecule has 23 heavy (non-hydrogen) atoms. The summed E-state index contributed by atoms with van der Waals surface area (Å²) in [6.07, 6.45) is 0.880. The fourth-order valence-corrected chi connectivity index (χ4v) is 2.92. The Morgan fingerprint density at radius 3 is 2.43 bits per heavy atom. The van der Waals surface area contributed by atoms with Crippen LogP contribution in [-0.2, 0) is 0 Å². The molecule has 1 fully saturated rings. The number of aliphatic hydroxyl groups is 1. The summed E-state index contributed by atoms with van der Waals surface area (Å²) in [6.45, 7) is 4.71. The van der Waals surface area contributed by atoms with E-state index < -0.39 is 5.82 Å². The second-order valence-corrected chi connectivity index (χ2v) is 6.13. The molecule has 1 aromatic rings. The van der Waals surface area contributed by atoms with Crippen LogP contribution in [0.3, 0.4) is 0 Å². The Morgan fingerprint density at radius 2 is 1.96 bits per heavy atom. The summed E-state index contributed by atoms with van der Waals surface area (Å²) in [5.41, 5.74) is 0.857. The topological polar surface area (TPSA) is 47.0 Å². The van der Waals surface area contributed by atoms with Crippen molar-refractivity contribution in [2.75, 3.05) is 51.8 Å². The van der Waals surface area contributed by atoms with Crippen LogP contribution >= 0.6 is 0 Å². The van der Waals surface area contributed by atoms with Gasteiger partial charge >= 0.3 is 0 Å². The number of benzene rings is 1. The number of piperazine rings is 1. The normalized spacial score (nSPS) is 17.2. The third-order valence-corrected chi connectivity index (χ3v) is 4.50. The highest BCUT2D eigenvalue weighted by Gasteiger charge is 2.26. The summed E-state index contributed by atoms with van der Waals surface area (Å²) in [6, 6.07) is 4.85. The number of carbonyl (C=O) groups excluding carboxylic acids is 1. The molecule has 1 unspecified atom stereocenters. The zero-order valence-electron chi connectivity index (χ0n) is 14.1. The first-order valence-corrected chi connectivity index (χ1v) is 8.09. The summed E-state index contributed by atoms with van der Waals surface area (Å²) in [4.78, 5) is 18.2. The van der Waals surface area contributed by atoms with Gasteiger partial charge in [0.2, 0.25) is 0 Å². The zero-order valence-corrected chi connectivity index (χ0v) is 14.1. The van der Waals surface area contributed by atoms with Gasteiger partial charge in [0.25, 0.3) is 5.91 Å². The molecule has 1 saturated heterocycles. The van der Waals surface area contributed by atoms with Crippen LogP contribution < -0.4 is 4.90 Å². The Bertz CT molecular complexity index is 539. The quantitative estimate of drug-likeness (QED) is 0.890. The highest BCUT2D eigenvalue weighted by Crippen LogP contribution is 2.19. The molecule has 2 rings (SSSR count). The SMILES string of the molecule is CCC(CO)N1CCN(C(=O)c2ccc(N(C)C)cc2F)CC1. The lowest BCUT2D eigenvalue weighted by molar-refractivity contribution is 0.0469. The van der Waals surface area contributed by atoms with Crippen molar-refractivity contribution in [1.82, 2.24) is 9.80 Å². The second-order valence-electron chi connectivity index (χ2n) is 6.13. The Balaban J connectivity index is 2.02. The summed E-state index contributed by atoms with van der Waals surface area (Å²) < 4.78 is 14.2. The van der Waals surface area contributed by atoms with Crippen LogP contribution in [0.15, 0.2) is 18.2 Å². The number of hydrogen-bond acceptors (Lipinski definition) is 4. The summed E-state index contributed by atoms with van der Waals surface area (Å²) in [5, 5.41) is 9.36. The van der Waals surface area contributed by atoms with Crippen LogP contribution in [-0.4, -0.2) is 73.7 Å². The standard InChI is InChI=1S/C17H26FN3O2/c1-4-13(12-22)20-7-9-21(10-8-20)17(23)15-6-5-14(19(2)3)11-16(15)18/h5-6,11,13,22H,4,7-10,12H2,1-3H3. The van der Waals surface area contributed by atoms with Gasteiger partial charge in [-0.25, -0.2) is 4.39 Å². The number of hydrogen-bond donors (Lipinski definition) is 1. The minimum atomic E-state index is -0.481. The number of nitrogens with zero attached hydrogens (tertiary/aromatic N) is 3. The Hall–Kier alpha value is -1.66. The predicted molar refractivity (Wildman–Crippen MR) is 89.4 cm³/mol. The number of carbonyl (C=O) groups is 1. The minimum Gasteiger partial charge on any atom is -0.395 e. The van der Waals surface area contributed by atoms with Gasteiger partial charge in [0, 0.05) is 52.0 Å². The molecule has 0 aromatic heterocycles. The van der Waals surface area contributed by atoms with Crippen molar-refractivity contribution in [3.63, 3.8) is 0 Å². The fourth-order valence-electron chi connectivity index (χ4n) is 2.92. The van der Waals surface area contributed by atoms with Crippen LogP contribution in [0.2, 0.25) is 0 Å². The molecule has 1 heterocycles. The number of amides is 1. The first kappa shape index (κ1) is 17.7. The molecule has 0 bridgehead atoms. The van der Waals surface area contributed by atoms with Gasteiger partial charge in [0.05, 0.1) is 12.2 Å². The molecule has 0 spiro atoms. The Labute approximate surface area is 137 Å². The van der Waals surface area contributed by atoms with Crippen LogP contribution in [0.5, 0.6) is 0 Å². The first-order chi connectivity index (χ1) is 11.0. The molecule has 1 aliphatic rings. The lowest BCUT2D eigenvalue weighted by Crippen LogP contribution is -2.52. The third-order valence-electron chi connectivity index (χ3n) is 4.50. The third kappa shape index (κ3) is 4.00. The number of anilines is 1. The average Bonchev–Trinajstić information content (AvgIpc) is 2.56. The molecule has 1 aromatic carbocycles. The molecular formula is C17H26FN3O2. The van der Waals surface area contributed by atoms with Crippen LogP contribution in [0.1, 0.15) is 23.7 Å². The van der Waals surface area contributed by atoms with Gasteiger partial charge in [-0.15, -0.1) is 0 Å². The largest absolute Gasteiger partial charge is 0.395 e. The molecule has 128 valence electrons. The van der Waals surface area contributed by atoms with Crippen molar-refractivity contribution in [1.29, 1.82) is 0 Å². The molecule has 1 atom stereocenters. The Morgan fingerprint density at radius 1 is 1.30 bits per heavy atom. The van der Waals surface area contributed by atoms with Gasteiger partial charge in [0.1, 0.15) is 5.82 Å². The van der Waals surface area contributed by atoms with Crippen molar-refractivity contribution in [3.05, 3.63) is 29.6 Å². The van der Waals surface area contributed by atoms with Gasteiger partial charge < -0.3 is 14.9 Å². The van der Waals surface area contributed by atoms with Crippen molar-refractivity contribution in [3.8, 4) is 0 Å². The van der Waals surface area contributed by atoms with Gasteiger partial charge in [-0.1, -0.05) is 6.92 Å². The maximum Gasteiger partial charge on any atom is 0.256 e. The van der Waals surface area contributed by atoms with Crippen molar-refractivity contribution in [2.24, 2.45) is 0 Å². The molecule has 1 N–H and O–H groups in total. The molecule has 1 amide bonds. The predicted octanol–water partition coefficient (Wildman–Crippen LogP) is 1.42. The molecule has 0 radical (unpaired) electrons. The van der Waals surface area contributed by atoms with E-state index >= 15 is 0 Å². The van der Waals surface area contributed by atoms with Crippen molar-refractivity contribution >= 4 is 11.6 Å². The van der Waals surface area contributed by atoms with Crippen LogP contribution in [0.25, 0.3) is 0 Å². The van der Waals surface area contributed by atoms with E-state index in [9.17, 15) is 14.3 Å². The smallest absolute Gasteiger partial charge is 0.256 e. The van der Waals surface area contributed by atoms with E-state index in [-0.39, 0.29) is 24.1 Å². The molecular weight excluding hydrogens is 297 g/mol. The Kier molecular flexibility index (Phi) is 5.96. The van der Waals surface area contributed by atoms with Gasteiger partial charge in [0.15, 0.2) is 0 Å². The van der Waals surface area contributed by atoms with Gasteiger partial charge in [-0.3, -0.25) is 9.69 Å². The van der Waals surface area contributed by atoms with E-state index in [1.807, 2.05) is 21.0 Å². The van der Waals surface area contributed by atoms with Gasteiger partial charge in [-0.2, -0.15) is 0 Å². The van der Waals surface area contributed by atoms with E-state index in [4.69, 9.17) is 0 Å². The van der Waals surface area contributed by atoms with E-state index in [0.29, 0.717) is 26.2 Å². The van der Waals surface area contributed by atoms with E-state index in [1.165, 1.54) is 6.07 Å². The highest BCUT2D eigenvalue weighted by atomic mass is 19.1. The summed E-state index contributed by atoms with van der Waals surface area (Å²) in [7, 11) is 3.67. The van der Waals surface area contributed by atoms with E-state index in [0.717, 1.165) is 12.1 Å². The fraction of sp³-hybridized carbons (Fsp3) is 0.588. The number of rotatable bonds is 5. The molecule has 5 nitrogen and oxygen atoms in total. The molecule has 0 aliphatic carbocycles. The van der Waals surface area contributed by atoms with Gasteiger partial charge in [-0.05, 0) is 24.6 Å². The molecule has 1 aliphatic heterocycles. The summed E-state index contributed by atoms with van der Waals surface area (Å²) in [5.74, 6) is -0.741. The lowest BCUT2D eigenvalue weighted by atomic mass is 10.1. The summed E-state index contributed by atoms with van der Waals surface area (Å²) >= 11 is 0. The lowest BCUT2D eigenvalue weighted by Gasteiger charge is -2.38. The zero-order chi connectivity index (χ0) is 17.0. The maximum atomic E-state index is 14.2. The van der Waals surface area contributed by atoms with Crippen LogP contribution in [0.4, 0.5) is 10.1 Å². The van der Waals surface area contributed by atoms with E-state index in [1.54, 1.807) is 21.9 Å². The van der Waals surface area contributed by atoms with E-state index in [2.05, 4.69) is 4.90 Å². The van der Waals surface area contributed by atoms with Crippen molar-refractivity contribution in [2.45, 2.75) is 19.4 Å². The average molecular weight is 323 g/mol. The van der Waals surface area contributed by atoms with Crippen molar-refractivity contribution < 1.29 is 14.3 Å². The minimum absolute atomic E-state index is 0.123. The number of halogens is 1. The number of aliphatic hydroxyl groups excluding tert-OH is 1. The first-order valence-electron chi connectivity index (χ1n) is 8.09. The second kappa shape index (κ2) is 7.75. The molecule has 0 saturated carbocycles. The molecule has 6 heteroatoms. The monoisotopic (exact) mass is 323 g/mol. The highest BCUT2D eigenvalue weighted by molar-refractivity contribution is 5.95.